The molecule has 3 nitrogen and oxygen atoms in total. The highest BCUT2D eigenvalue weighted by atomic mass is 35.5. The quantitative estimate of drug-likeness (QED) is 0.436. The van der Waals surface area contributed by atoms with Gasteiger partial charge in [0.15, 0.2) is 0 Å². The van der Waals surface area contributed by atoms with Crippen molar-refractivity contribution < 1.29 is 9.50 Å². The van der Waals surface area contributed by atoms with Crippen molar-refractivity contribution in [2.75, 3.05) is 5.73 Å². The third-order valence-corrected chi connectivity index (χ3v) is 2.16. The average Bonchev–Trinajstić information content (AvgIpc) is 2.13. The highest BCUT2D eigenvalue weighted by molar-refractivity contribution is 5.85. The standard InChI is InChI=1S/C11H15FN2O.ClH/c1-6(2)5-9(13)7-3-4-8(12)10(14)11(7)15;/h3-4,9,15H,1,5,13-14H2,2H3;1H/t9-;/m0./s1. The molecular weight excluding hydrogens is 231 g/mol. The van der Waals surface area contributed by atoms with Crippen molar-refractivity contribution in [2.45, 2.75) is 19.4 Å². The first-order valence-corrected chi connectivity index (χ1v) is 4.60. The molecule has 5 heteroatoms. The number of benzene rings is 1. The first-order chi connectivity index (χ1) is 6.93. The molecule has 0 aliphatic carbocycles. The number of aromatic hydroxyl groups is 1. The van der Waals surface area contributed by atoms with Gasteiger partial charge >= 0.3 is 0 Å². The topological polar surface area (TPSA) is 72.3 Å². The Morgan fingerprint density at radius 2 is 2.12 bits per heavy atom. The number of hydrogen-bond donors (Lipinski definition) is 3. The SMILES string of the molecule is C=C(C)C[C@H](N)c1ccc(F)c(N)c1O.Cl. The molecule has 1 aromatic rings. The second-order valence-electron chi connectivity index (χ2n) is 3.67. The molecule has 0 bridgehead atoms. The fourth-order valence-corrected chi connectivity index (χ4v) is 1.38. The molecular formula is C11H16ClFN2O. The van der Waals surface area contributed by atoms with Crippen molar-refractivity contribution >= 4 is 18.1 Å². The highest BCUT2D eigenvalue weighted by Gasteiger charge is 2.15. The Morgan fingerprint density at radius 3 is 2.62 bits per heavy atom. The van der Waals surface area contributed by atoms with Gasteiger partial charge in [0.05, 0.1) is 0 Å². The number of nitrogen functional groups attached to an aromatic ring is 1. The number of phenols is 1. The molecule has 1 atom stereocenters. The Labute approximate surface area is 100 Å². The third-order valence-electron chi connectivity index (χ3n) is 2.16. The second-order valence-corrected chi connectivity index (χ2v) is 3.67. The largest absolute Gasteiger partial charge is 0.505 e. The van der Waals surface area contributed by atoms with E-state index >= 15 is 0 Å². The lowest BCUT2D eigenvalue weighted by Crippen LogP contribution is -2.11. The molecule has 16 heavy (non-hydrogen) atoms. The van der Waals surface area contributed by atoms with Gasteiger partial charge in [0, 0.05) is 11.6 Å². The van der Waals surface area contributed by atoms with Gasteiger partial charge in [-0.15, -0.1) is 19.0 Å². The summed E-state index contributed by atoms with van der Waals surface area (Å²) in [6.45, 7) is 5.56. The maximum absolute atomic E-state index is 12.9. The van der Waals surface area contributed by atoms with Crippen molar-refractivity contribution in [1.29, 1.82) is 0 Å². The molecule has 0 fully saturated rings. The Kier molecular flexibility index (Phi) is 5.27. The summed E-state index contributed by atoms with van der Waals surface area (Å²) in [5.41, 5.74) is 12.2. The number of anilines is 1. The molecule has 0 spiro atoms. The maximum Gasteiger partial charge on any atom is 0.149 e. The number of nitrogens with two attached hydrogens (primary N) is 2. The van der Waals surface area contributed by atoms with Crippen LogP contribution in [0.15, 0.2) is 24.3 Å². The summed E-state index contributed by atoms with van der Waals surface area (Å²) >= 11 is 0. The van der Waals surface area contributed by atoms with Gasteiger partial charge in [0.25, 0.3) is 0 Å². The van der Waals surface area contributed by atoms with Gasteiger partial charge in [-0.25, -0.2) is 4.39 Å². The van der Waals surface area contributed by atoms with Gasteiger partial charge in [-0.2, -0.15) is 0 Å². The number of hydrogen-bond acceptors (Lipinski definition) is 3. The monoisotopic (exact) mass is 246 g/mol. The van der Waals surface area contributed by atoms with E-state index in [2.05, 4.69) is 6.58 Å². The average molecular weight is 247 g/mol. The van der Waals surface area contributed by atoms with Crippen molar-refractivity contribution in [2.24, 2.45) is 5.73 Å². The molecule has 0 aromatic heterocycles. The van der Waals surface area contributed by atoms with Crippen molar-refractivity contribution in [3.05, 3.63) is 35.7 Å². The van der Waals surface area contributed by atoms with Crippen LogP contribution in [0.1, 0.15) is 24.9 Å². The van der Waals surface area contributed by atoms with Gasteiger partial charge in [-0.1, -0.05) is 11.6 Å². The summed E-state index contributed by atoms with van der Waals surface area (Å²) in [4.78, 5) is 0. The Balaban J connectivity index is 0.00000225. The van der Waals surface area contributed by atoms with Gasteiger partial charge < -0.3 is 16.6 Å². The Morgan fingerprint density at radius 1 is 1.56 bits per heavy atom. The smallest absolute Gasteiger partial charge is 0.149 e. The van der Waals surface area contributed by atoms with E-state index < -0.39 is 11.9 Å². The van der Waals surface area contributed by atoms with Crippen LogP contribution >= 0.6 is 12.4 Å². The molecule has 0 aliphatic heterocycles. The summed E-state index contributed by atoms with van der Waals surface area (Å²) in [6, 6.07) is 2.22. The molecule has 1 rings (SSSR count). The first-order valence-electron chi connectivity index (χ1n) is 4.60. The van der Waals surface area contributed by atoms with Crippen LogP contribution in [0.3, 0.4) is 0 Å². The molecule has 0 heterocycles. The molecule has 5 N–H and O–H groups in total. The molecule has 0 saturated carbocycles. The lowest BCUT2D eigenvalue weighted by Gasteiger charge is -2.14. The second kappa shape index (κ2) is 5.72. The first kappa shape index (κ1) is 14.7. The van der Waals surface area contributed by atoms with E-state index in [4.69, 9.17) is 11.5 Å². The molecule has 90 valence electrons. The van der Waals surface area contributed by atoms with E-state index in [1.807, 2.05) is 6.92 Å². The summed E-state index contributed by atoms with van der Waals surface area (Å²) in [6.07, 6.45) is 0.526. The van der Waals surface area contributed by atoms with Crippen molar-refractivity contribution in [3.8, 4) is 5.75 Å². The van der Waals surface area contributed by atoms with Crippen LogP contribution in [-0.4, -0.2) is 5.11 Å². The predicted octanol–water partition coefficient (Wildman–Crippen LogP) is 2.50. The Hall–Kier alpha value is -1.26. The lowest BCUT2D eigenvalue weighted by molar-refractivity contribution is 0.458. The number of rotatable bonds is 3. The van der Waals surface area contributed by atoms with Gasteiger partial charge in [-0.05, 0) is 19.4 Å². The molecule has 0 aliphatic rings. The molecule has 0 radical (unpaired) electrons. The minimum Gasteiger partial charge on any atom is -0.505 e. The van der Waals surface area contributed by atoms with Crippen LogP contribution in [0.2, 0.25) is 0 Å². The van der Waals surface area contributed by atoms with Crippen LogP contribution in [0, 0.1) is 5.82 Å². The fraction of sp³-hybridized carbons (Fsp3) is 0.273. The van der Waals surface area contributed by atoms with Gasteiger partial charge in [0.2, 0.25) is 0 Å². The number of phenolic OH excluding ortho intramolecular Hbond substituents is 1. The normalized spacial score (nSPS) is 11.7. The van der Waals surface area contributed by atoms with Crippen molar-refractivity contribution in [3.63, 3.8) is 0 Å². The molecule has 0 saturated heterocycles. The molecule has 0 amide bonds. The van der Waals surface area contributed by atoms with E-state index in [0.717, 1.165) is 5.57 Å². The van der Waals surface area contributed by atoms with Crippen LogP contribution < -0.4 is 11.5 Å². The van der Waals surface area contributed by atoms with Crippen LogP contribution in [0.5, 0.6) is 5.75 Å². The van der Waals surface area contributed by atoms with E-state index in [9.17, 15) is 9.50 Å². The van der Waals surface area contributed by atoms with Crippen LogP contribution in [0.4, 0.5) is 10.1 Å². The van der Waals surface area contributed by atoms with E-state index in [-0.39, 0.29) is 23.8 Å². The summed E-state index contributed by atoms with van der Waals surface area (Å²) in [5.74, 6) is -0.914. The highest BCUT2D eigenvalue weighted by Crippen LogP contribution is 2.32. The zero-order valence-electron chi connectivity index (χ0n) is 9.03. The lowest BCUT2D eigenvalue weighted by atomic mass is 9.99. The van der Waals surface area contributed by atoms with Crippen molar-refractivity contribution in [1.82, 2.24) is 0 Å². The molecule has 0 unspecified atom stereocenters. The predicted molar refractivity (Wildman–Crippen MR) is 66.1 cm³/mol. The summed E-state index contributed by atoms with van der Waals surface area (Å²) in [5, 5.41) is 9.59. The van der Waals surface area contributed by atoms with E-state index in [0.29, 0.717) is 12.0 Å². The zero-order chi connectivity index (χ0) is 11.6. The van der Waals surface area contributed by atoms with Gasteiger partial charge in [-0.3, -0.25) is 0 Å². The van der Waals surface area contributed by atoms with E-state index in [1.54, 1.807) is 0 Å². The van der Waals surface area contributed by atoms with E-state index in [1.165, 1.54) is 12.1 Å². The maximum atomic E-state index is 12.9. The third kappa shape index (κ3) is 3.12. The minimum absolute atomic E-state index is 0. The Bertz CT molecular complexity index is 396. The summed E-state index contributed by atoms with van der Waals surface area (Å²) in [7, 11) is 0. The van der Waals surface area contributed by atoms with Crippen LogP contribution in [-0.2, 0) is 0 Å². The van der Waals surface area contributed by atoms with Gasteiger partial charge in [0.1, 0.15) is 17.3 Å². The minimum atomic E-state index is -0.640. The fourth-order valence-electron chi connectivity index (χ4n) is 1.38. The number of halogens is 2. The zero-order valence-corrected chi connectivity index (χ0v) is 9.85. The summed E-state index contributed by atoms with van der Waals surface area (Å²) < 4.78 is 12.9. The van der Waals surface area contributed by atoms with Crippen LogP contribution in [0.25, 0.3) is 0 Å². The molecule has 1 aromatic carbocycles.